The van der Waals surface area contributed by atoms with E-state index in [2.05, 4.69) is 5.32 Å². The molecule has 2 aliphatic rings. The number of nitrogens with one attached hydrogen (secondary N) is 1. The zero-order valence-electron chi connectivity index (χ0n) is 9.71. The second kappa shape index (κ2) is 5.15. The first-order valence-electron chi connectivity index (χ1n) is 6.32. The van der Waals surface area contributed by atoms with Gasteiger partial charge in [0.05, 0.1) is 6.61 Å². The molecule has 1 aliphatic carbocycles. The van der Waals surface area contributed by atoms with Gasteiger partial charge in [-0.05, 0) is 25.7 Å². The standard InChI is InChI=1S/C12H21NO3/c14-11(15)12(7-4-8-16-9-12)13-10-5-2-1-3-6-10/h10,13H,1-9H2,(H,14,15). The lowest BCUT2D eigenvalue weighted by molar-refractivity contribution is -0.151. The second-order valence-corrected chi connectivity index (χ2v) is 5.02. The molecule has 0 amide bonds. The van der Waals surface area contributed by atoms with Crippen LogP contribution in [0.1, 0.15) is 44.9 Å². The summed E-state index contributed by atoms with van der Waals surface area (Å²) < 4.78 is 5.34. The minimum atomic E-state index is -0.819. The van der Waals surface area contributed by atoms with Gasteiger partial charge >= 0.3 is 5.97 Å². The highest BCUT2D eigenvalue weighted by molar-refractivity contribution is 5.79. The van der Waals surface area contributed by atoms with Crippen molar-refractivity contribution in [3.63, 3.8) is 0 Å². The molecule has 0 aromatic heterocycles. The number of carbonyl (C=O) groups is 1. The number of aliphatic carboxylic acids is 1. The summed E-state index contributed by atoms with van der Waals surface area (Å²) in [6.07, 6.45) is 7.46. The van der Waals surface area contributed by atoms with E-state index in [1.54, 1.807) is 0 Å². The molecule has 0 bridgehead atoms. The van der Waals surface area contributed by atoms with Gasteiger partial charge in [-0.3, -0.25) is 10.1 Å². The van der Waals surface area contributed by atoms with E-state index >= 15 is 0 Å². The second-order valence-electron chi connectivity index (χ2n) is 5.02. The molecule has 0 spiro atoms. The van der Waals surface area contributed by atoms with Crippen LogP contribution >= 0.6 is 0 Å². The summed E-state index contributed by atoms with van der Waals surface area (Å²) in [5.74, 6) is -0.752. The molecule has 1 atom stereocenters. The van der Waals surface area contributed by atoms with Crippen molar-refractivity contribution >= 4 is 5.97 Å². The Kier molecular flexibility index (Phi) is 3.82. The van der Waals surface area contributed by atoms with Crippen LogP contribution in [-0.4, -0.2) is 35.9 Å². The molecule has 1 saturated carbocycles. The average molecular weight is 227 g/mol. The van der Waals surface area contributed by atoms with Crippen molar-refractivity contribution in [1.82, 2.24) is 5.32 Å². The third kappa shape index (κ3) is 2.55. The molecule has 92 valence electrons. The van der Waals surface area contributed by atoms with Crippen molar-refractivity contribution in [3.8, 4) is 0 Å². The van der Waals surface area contributed by atoms with Gasteiger partial charge in [0.1, 0.15) is 5.54 Å². The van der Waals surface area contributed by atoms with E-state index in [-0.39, 0.29) is 0 Å². The van der Waals surface area contributed by atoms with Crippen LogP contribution < -0.4 is 5.32 Å². The van der Waals surface area contributed by atoms with E-state index in [4.69, 9.17) is 4.74 Å². The summed E-state index contributed by atoms with van der Waals surface area (Å²) in [4.78, 5) is 11.4. The van der Waals surface area contributed by atoms with Crippen molar-refractivity contribution in [2.75, 3.05) is 13.2 Å². The van der Waals surface area contributed by atoms with E-state index in [0.29, 0.717) is 25.7 Å². The third-order valence-corrected chi connectivity index (χ3v) is 3.74. The summed E-state index contributed by atoms with van der Waals surface area (Å²) in [7, 11) is 0. The summed E-state index contributed by atoms with van der Waals surface area (Å²) in [5.41, 5.74) is -0.819. The molecule has 0 radical (unpaired) electrons. The minimum absolute atomic E-state index is 0.318. The molecule has 1 saturated heterocycles. The maximum absolute atomic E-state index is 11.4. The lowest BCUT2D eigenvalue weighted by Crippen LogP contribution is -2.60. The Balaban J connectivity index is 1.98. The Hall–Kier alpha value is -0.610. The highest BCUT2D eigenvalue weighted by atomic mass is 16.5. The Bertz CT molecular complexity index is 243. The molecule has 4 nitrogen and oxygen atoms in total. The molecule has 1 unspecified atom stereocenters. The Labute approximate surface area is 96.4 Å². The molecular formula is C12H21NO3. The quantitative estimate of drug-likeness (QED) is 0.768. The minimum Gasteiger partial charge on any atom is -0.480 e. The van der Waals surface area contributed by atoms with Crippen molar-refractivity contribution in [3.05, 3.63) is 0 Å². The van der Waals surface area contributed by atoms with E-state index < -0.39 is 11.5 Å². The Morgan fingerprint density at radius 3 is 2.56 bits per heavy atom. The predicted octanol–water partition coefficient (Wildman–Crippen LogP) is 1.54. The number of ether oxygens (including phenoxy) is 1. The van der Waals surface area contributed by atoms with Gasteiger partial charge in [-0.1, -0.05) is 19.3 Å². The SMILES string of the molecule is O=C(O)C1(NC2CCCCC2)CCCOC1. The first kappa shape index (κ1) is 11.9. The highest BCUT2D eigenvalue weighted by Crippen LogP contribution is 2.25. The van der Waals surface area contributed by atoms with Gasteiger partial charge in [0.2, 0.25) is 0 Å². The zero-order valence-corrected chi connectivity index (χ0v) is 9.71. The molecule has 0 aromatic carbocycles. The van der Waals surface area contributed by atoms with Crippen molar-refractivity contribution in [1.29, 1.82) is 0 Å². The van der Waals surface area contributed by atoms with Gasteiger partial charge in [-0.25, -0.2) is 0 Å². The van der Waals surface area contributed by atoms with E-state index in [1.165, 1.54) is 19.3 Å². The number of carboxylic acid groups (broad SMARTS) is 1. The van der Waals surface area contributed by atoms with Crippen molar-refractivity contribution in [2.45, 2.75) is 56.5 Å². The first-order chi connectivity index (χ1) is 7.73. The summed E-state index contributed by atoms with van der Waals surface area (Å²) in [6, 6.07) is 0.367. The van der Waals surface area contributed by atoms with Crippen LogP contribution in [-0.2, 0) is 9.53 Å². The van der Waals surface area contributed by atoms with E-state index in [1.807, 2.05) is 0 Å². The van der Waals surface area contributed by atoms with Crippen molar-refractivity contribution in [2.24, 2.45) is 0 Å². The van der Waals surface area contributed by atoms with Gasteiger partial charge in [0.25, 0.3) is 0 Å². The van der Waals surface area contributed by atoms with E-state index in [0.717, 1.165) is 19.3 Å². The molecular weight excluding hydrogens is 206 g/mol. The summed E-state index contributed by atoms with van der Waals surface area (Å²) in [5, 5.41) is 12.7. The maximum Gasteiger partial charge on any atom is 0.326 e. The molecule has 2 fully saturated rings. The zero-order chi connectivity index (χ0) is 11.4. The fraction of sp³-hybridized carbons (Fsp3) is 0.917. The first-order valence-corrected chi connectivity index (χ1v) is 6.32. The topological polar surface area (TPSA) is 58.6 Å². The number of hydrogen-bond acceptors (Lipinski definition) is 3. The van der Waals surface area contributed by atoms with Crippen LogP contribution in [0.25, 0.3) is 0 Å². The average Bonchev–Trinajstić information content (AvgIpc) is 2.31. The number of carboxylic acids is 1. The largest absolute Gasteiger partial charge is 0.480 e. The van der Waals surface area contributed by atoms with Crippen molar-refractivity contribution < 1.29 is 14.6 Å². The smallest absolute Gasteiger partial charge is 0.326 e. The van der Waals surface area contributed by atoms with Crippen LogP contribution in [0, 0.1) is 0 Å². The molecule has 16 heavy (non-hydrogen) atoms. The predicted molar refractivity (Wildman–Crippen MR) is 60.4 cm³/mol. The Morgan fingerprint density at radius 1 is 1.25 bits per heavy atom. The van der Waals surface area contributed by atoms with Gasteiger partial charge in [-0.2, -0.15) is 0 Å². The van der Waals surface area contributed by atoms with E-state index in [9.17, 15) is 9.90 Å². The monoisotopic (exact) mass is 227 g/mol. The molecule has 1 heterocycles. The molecule has 0 aromatic rings. The fourth-order valence-electron chi connectivity index (χ4n) is 2.78. The van der Waals surface area contributed by atoms with Crippen LogP contribution in [0.5, 0.6) is 0 Å². The van der Waals surface area contributed by atoms with Crippen LogP contribution in [0.4, 0.5) is 0 Å². The summed E-state index contributed by atoms with van der Waals surface area (Å²) in [6.45, 7) is 1.01. The molecule has 2 N–H and O–H groups in total. The van der Waals surface area contributed by atoms with Gasteiger partial charge in [0.15, 0.2) is 0 Å². The highest BCUT2D eigenvalue weighted by Gasteiger charge is 2.42. The Morgan fingerprint density at radius 2 is 2.00 bits per heavy atom. The summed E-state index contributed by atoms with van der Waals surface area (Å²) >= 11 is 0. The maximum atomic E-state index is 11.4. The third-order valence-electron chi connectivity index (χ3n) is 3.74. The normalized spacial score (nSPS) is 32.5. The number of rotatable bonds is 3. The van der Waals surface area contributed by atoms with Gasteiger partial charge in [-0.15, -0.1) is 0 Å². The fourth-order valence-corrected chi connectivity index (χ4v) is 2.78. The lowest BCUT2D eigenvalue weighted by atomic mass is 9.88. The van der Waals surface area contributed by atoms with Crippen LogP contribution in [0.15, 0.2) is 0 Å². The van der Waals surface area contributed by atoms with Gasteiger partial charge in [0, 0.05) is 12.6 Å². The molecule has 4 heteroatoms. The van der Waals surface area contributed by atoms with Gasteiger partial charge < -0.3 is 9.84 Å². The number of hydrogen-bond donors (Lipinski definition) is 2. The molecule has 1 aliphatic heterocycles. The van der Waals surface area contributed by atoms with Crippen LogP contribution in [0.2, 0.25) is 0 Å². The lowest BCUT2D eigenvalue weighted by Gasteiger charge is -2.38. The molecule has 2 rings (SSSR count). The van der Waals surface area contributed by atoms with Crippen LogP contribution in [0.3, 0.4) is 0 Å².